The summed E-state index contributed by atoms with van der Waals surface area (Å²) in [5.74, 6) is -4.00. The molecule has 2 N–H and O–H groups in total. The number of amides is 1. The van der Waals surface area contributed by atoms with Crippen molar-refractivity contribution < 1.29 is 57.5 Å². The van der Waals surface area contributed by atoms with Crippen molar-refractivity contribution in [3.05, 3.63) is 34.2 Å². The second-order valence-electron chi connectivity index (χ2n) is 8.74. The summed E-state index contributed by atoms with van der Waals surface area (Å²) in [6.07, 6.45) is -7.03. The number of ether oxygens (including phenoxy) is 6. The number of aliphatic hydroxyl groups is 1. The third-order valence-corrected chi connectivity index (χ3v) is 5.55. The highest BCUT2D eigenvalue weighted by Gasteiger charge is 2.56. The van der Waals surface area contributed by atoms with Gasteiger partial charge in [-0.1, -0.05) is 11.2 Å². The van der Waals surface area contributed by atoms with Crippen molar-refractivity contribution in [3.63, 3.8) is 0 Å². The van der Waals surface area contributed by atoms with E-state index in [1.54, 1.807) is 0 Å². The molecule has 1 amide bonds. The lowest BCUT2D eigenvalue weighted by Crippen LogP contribution is -2.64. The number of hydrogen-bond acceptors (Lipinski definition) is 13. The second-order valence-corrected chi connectivity index (χ2v) is 8.74. The highest BCUT2D eigenvalue weighted by molar-refractivity contribution is 5.92. The van der Waals surface area contributed by atoms with E-state index < -0.39 is 60.5 Å². The minimum Gasteiger partial charge on any atom is -0.467 e. The molecule has 1 fully saturated rings. The van der Waals surface area contributed by atoms with Crippen molar-refractivity contribution >= 4 is 35.5 Å². The molecule has 0 bridgehead atoms. The van der Waals surface area contributed by atoms with Crippen LogP contribution in [-0.2, 0) is 54.3 Å². The first-order valence-electron chi connectivity index (χ1n) is 12.5. The van der Waals surface area contributed by atoms with Gasteiger partial charge in [-0.15, -0.1) is 0 Å². The molecule has 16 nitrogen and oxygen atoms in total. The number of nitrogens with zero attached hydrogens (tertiary/aromatic N) is 3. The summed E-state index contributed by atoms with van der Waals surface area (Å²) in [4.78, 5) is 63.7. The molecule has 224 valence electrons. The molecule has 1 saturated heterocycles. The Labute approximate surface area is 234 Å². The fourth-order valence-electron chi connectivity index (χ4n) is 3.90. The molecule has 2 rings (SSSR count). The van der Waals surface area contributed by atoms with Crippen LogP contribution in [0.1, 0.15) is 45.6 Å². The fourth-order valence-corrected chi connectivity index (χ4v) is 3.90. The van der Waals surface area contributed by atoms with Crippen molar-refractivity contribution in [1.82, 2.24) is 0 Å². The second kappa shape index (κ2) is 16.0. The lowest BCUT2D eigenvalue weighted by molar-refractivity contribution is -0.282. The molecule has 1 heterocycles. The Bertz CT molecular complexity index is 1170. The summed E-state index contributed by atoms with van der Waals surface area (Å²) in [5.41, 5.74) is 8.87. The van der Waals surface area contributed by atoms with Crippen molar-refractivity contribution in [1.29, 1.82) is 0 Å². The molecule has 0 aliphatic carbocycles. The number of carbonyl (C=O) groups is 5. The first-order valence-corrected chi connectivity index (χ1v) is 12.5. The van der Waals surface area contributed by atoms with Gasteiger partial charge in [0.05, 0.1) is 19.4 Å². The summed E-state index contributed by atoms with van der Waals surface area (Å²) < 4.78 is 32.4. The molecule has 0 saturated carbocycles. The summed E-state index contributed by atoms with van der Waals surface area (Å²) >= 11 is 0. The minimum absolute atomic E-state index is 0.0251. The highest BCUT2D eigenvalue weighted by atomic mass is 16.7. The fraction of sp³-hybridized carbons (Fsp3) is 0.560. The number of hydrogen-bond donors (Lipinski definition) is 2. The number of anilines is 1. The Kier molecular flexibility index (Phi) is 12.8. The Morgan fingerprint density at radius 1 is 1.00 bits per heavy atom. The van der Waals surface area contributed by atoms with Crippen molar-refractivity contribution in [3.8, 4) is 5.75 Å². The van der Waals surface area contributed by atoms with Crippen LogP contribution in [0.25, 0.3) is 10.4 Å². The molecule has 16 heteroatoms. The third-order valence-electron chi connectivity index (χ3n) is 5.55. The zero-order chi connectivity index (χ0) is 30.5. The van der Waals surface area contributed by atoms with Gasteiger partial charge in [-0.3, -0.25) is 19.2 Å². The maximum atomic E-state index is 12.6. The van der Waals surface area contributed by atoms with Crippen LogP contribution < -0.4 is 10.1 Å². The van der Waals surface area contributed by atoms with Gasteiger partial charge in [-0.25, -0.2) is 4.79 Å². The number of rotatable bonds is 13. The van der Waals surface area contributed by atoms with Gasteiger partial charge in [0.1, 0.15) is 5.75 Å². The topological polar surface area (TPSA) is 222 Å². The maximum absolute atomic E-state index is 12.6. The Balaban J connectivity index is 2.46. The van der Waals surface area contributed by atoms with E-state index in [1.807, 2.05) is 0 Å². The van der Waals surface area contributed by atoms with Crippen molar-refractivity contribution in [2.24, 2.45) is 5.11 Å². The van der Waals surface area contributed by atoms with Crippen LogP contribution in [0.2, 0.25) is 0 Å². The van der Waals surface area contributed by atoms with Crippen LogP contribution in [0.3, 0.4) is 0 Å². The number of esters is 4. The average Bonchev–Trinajstić information content (AvgIpc) is 2.91. The monoisotopic (exact) mass is 580 g/mol. The van der Waals surface area contributed by atoms with Crippen molar-refractivity contribution in [2.45, 2.75) is 77.3 Å². The van der Waals surface area contributed by atoms with E-state index >= 15 is 0 Å². The molecule has 0 aromatic heterocycles. The van der Waals surface area contributed by atoms with E-state index in [2.05, 4.69) is 15.3 Å². The van der Waals surface area contributed by atoms with Crippen LogP contribution in [0.15, 0.2) is 23.3 Å². The molecule has 0 spiro atoms. The van der Waals surface area contributed by atoms with Gasteiger partial charge in [-0.2, -0.15) is 0 Å². The number of carbonyl (C=O) groups excluding carboxylic acids is 5. The molecule has 1 aliphatic heterocycles. The molecule has 1 aliphatic rings. The quantitative estimate of drug-likeness (QED) is 0.0849. The van der Waals surface area contributed by atoms with Crippen LogP contribution in [0.4, 0.5) is 5.69 Å². The standard InChI is InChI=1S/C25H32N4O12/c1-13(31)37-20-21(38-14(2)32)23(39-15(3)33)25(41-22(20)24(35)36-4)40-18-9-8-16(12-30)11-17(18)28-19(34)7-5-6-10-27-29-26/h8-9,11,20-23,25,30H,5-7,10,12H2,1-4H3,(H,28,34)/t20-,21-,22-,23+,25+/m0/s1. The van der Waals surface area contributed by atoms with E-state index in [1.165, 1.54) is 18.2 Å². The van der Waals surface area contributed by atoms with Gasteiger partial charge in [0.2, 0.25) is 18.3 Å². The number of nitrogens with one attached hydrogen (secondary N) is 1. The Morgan fingerprint density at radius 3 is 2.22 bits per heavy atom. The van der Waals surface area contributed by atoms with Gasteiger partial charge in [0.25, 0.3) is 0 Å². The average molecular weight is 581 g/mol. The molecule has 0 unspecified atom stereocenters. The molecular weight excluding hydrogens is 548 g/mol. The van der Waals surface area contributed by atoms with Gasteiger partial charge in [-0.05, 0) is 36.1 Å². The normalized spacial score (nSPS) is 21.4. The lowest BCUT2D eigenvalue weighted by atomic mass is 9.97. The molecular formula is C25H32N4O12. The zero-order valence-corrected chi connectivity index (χ0v) is 22.9. The van der Waals surface area contributed by atoms with E-state index in [0.29, 0.717) is 18.4 Å². The molecule has 0 radical (unpaired) electrons. The van der Waals surface area contributed by atoms with Crippen LogP contribution >= 0.6 is 0 Å². The predicted molar refractivity (Wildman–Crippen MR) is 137 cm³/mol. The summed E-state index contributed by atoms with van der Waals surface area (Å²) in [7, 11) is 1.05. The van der Waals surface area contributed by atoms with E-state index in [-0.39, 0.29) is 31.0 Å². The summed E-state index contributed by atoms with van der Waals surface area (Å²) in [5, 5.41) is 15.7. The zero-order valence-electron chi connectivity index (χ0n) is 22.9. The van der Waals surface area contributed by atoms with Gasteiger partial charge in [0.15, 0.2) is 18.3 Å². The third kappa shape index (κ3) is 9.94. The predicted octanol–water partition coefficient (Wildman–Crippen LogP) is 1.67. The summed E-state index contributed by atoms with van der Waals surface area (Å²) in [6.45, 7) is 3.04. The lowest BCUT2D eigenvalue weighted by Gasteiger charge is -2.43. The SMILES string of the molecule is COC(=O)[C@H]1O[C@@H](Oc2ccc(CO)cc2NC(=O)CCCCN=[N+]=[N-])[C@H](OC(C)=O)[C@@H](OC(C)=O)[C@@H]1OC(C)=O. The van der Waals surface area contributed by atoms with Crippen LogP contribution in [0.5, 0.6) is 5.75 Å². The van der Waals surface area contributed by atoms with Gasteiger partial charge >= 0.3 is 23.9 Å². The first kappa shape index (κ1) is 32.8. The Hall–Kier alpha value is -4.40. The number of unbranched alkanes of at least 4 members (excludes halogenated alkanes) is 1. The molecule has 5 atom stereocenters. The van der Waals surface area contributed by atoms with E-state index in [9.17, 15) is 29.1 Å². The summed E-state index contributed by atoms with van der Waals surface area (Å²) in [6, 6.07) is 4.31. The highest BCUT2D eigenvalue weighted by Crippen LogP contribution is 2.34. The van der Waals surface area contributed by atoms with E-state index in [4.69, 9.17) is 34.0 Å². The smallest absolute Gasteiger partial charge is 0.339 e. The minimum atomic E-state index is -1.67. The first-order chi connectivity index (χ1) is 19.5. The largest absolute Gasteiger partial charge is 0.467 e. The number of aliphatic hydroxyl groups excluding tert-OH is 1. The van der Waals surface area contributed by atoms with Crippen LogP contribution in [0, 0.1) is 0 Å². The van der Waals surface area contributed by atoms with E-state index in [0.717, 1.165) is 27.9 Å². The number of methoxy groups -OCH3 is 1. The molecule has 41 heavy (non-hydrogen) atoms. The molecule has 1 aromatic carbocycles. The Morgan fingerprint density at radius 2 is 1.63 bits per heavy atom. The number of azide groups is 1. The van der Waals surface area contributed by atoms with Gasteiger partial charge in [0, 0.05) is 38.6 Å². The number of benzene rings is 1. The van der Waals surface area contributed by atoms with Crippen molar-refractivity contribution in [2.75, 3.05) is 19.0 Å². The van der Waals surface area contributed by atoms with Gasteiger partial charge < -0.3 is 38.8 Å². The molecule has 1 aromatic rings. The van der Waals surface area contributed by atoms with Crippen LogP contribution in [-0.4, -0.2) is 79.3 Å². The maximum Gasteiger partial charge on any atom is 0.339 e.